The third-order valence-electron chi connectivity index (χ3n) is 12.1. The highest BCUT2D eigenvalue weighted by Crippen LogP contribution is 2.68. The van der Waals surface area contributed by atoms with Crippen LogP contribution in [0.4, 0.5) is 0 Å². The minimum absolute atomic E-state index is 0.0407. The molecule has 0 spiro atoms. The van der Waals surface area contributed by atoms with Crippen LogP contribution in [0.25, 0.3) is 0 Å². The zero-order chi connectivity index (χ0) is 28.5. The molecule has 0 aromatic rings. The Kier molecular flexibility index (Phi) is 13.0. The first-order chi connectivity index (χ1) is 18.6. The van der Waals surface area contributed by atoms with Crippen molar-refractivity contribution >= 4 is 5.97 Å². The molecule has 0 aliphatic heterocycles. The summed E-state index contributed by atoms with van der Waals surface area (Å²) in [6.07, 6.45) is 26.4. The Balaban J connectivity index is 1.55. The van der Waals surface area contributed by atoms with E-state index in [1.165, 1.54) is 83.5 Å². The summed E-state index contributed by atoms with van der Waals surface area (Å²) in [4.78, 5) is 12.6. The lowest BCUT2D eigenvalue weighted by Gasteiger charge is -2.56. The Bertz CT molecular complexity index is 767. The average molecular weight is 543 g/mol. The van der Waals surface area contributed by atoms with Gasteiger partial charge in [0.25, 0.3) is 0 Å². The number of carbonyl (C=O) groups excluding carboxylic acids is 1. The van der Waals surface area contributed by atoms with E-state index in [-0.39, 0.29) is 12.1 Å². The number of fused-ring (bicyclic) bond motifs is 1. The van der Waals surface area contributed by atoms with Crippen LogP contribution in [-0.2, 0) is 9.53 Å². The molecule has 0 radical (unpaired) electrons. The van der Waals surface area contributed by atoms with E-state index in [4.69, 9.17) is 4.74 Å². The molecular weight excluding hydrogens is 476 g/mol. The molecule has 2 nitrogen and oxygen atoms in total. The molecule has 0 saturated heterocycles. The monoisotopic (exact) mass is 543 g/mol. The van der Waals surface area contributed by atoms with Crippen LogP contribution in [0.2, 0.25) is 0 Å². The fourth-order valence-corrected chi connectivity index (χ4v) is 9.04. The average Bonchev–Trinajstić information content (AvgIpc) is 3.15. The first-order valence-corrected chi connectivity index (χ1v) is 17.5. The van der Waals surface area contributed by atoms with Gasteiger partial charge < -0.3 is 4.74 Å². The van der Waals surface area contributed by atoms with Crippen molar-refractivity contribution in [3.05, 3.63) is 11.6 Å². The van der Waals surface area contributed by atoms with Crippen LogP contribution in [0.15, 0.2) is 11.6 Å². The van der Waals surface area contributed by atoms with Crippen LogP contribution in [0.5, 0.6) is 0 Å². The SMILES string of the molecule is CCCCCCCCC(=O)O[C@H]1CC[C@@H](C)/C(=C\CC2C(C)CC[C@]3(C)[C@@H](CCCCC(C)C)CCC23C)C1. The lowest BCUT2D eigenvalue weighted by atomic mass is 9.49. The van der Waals surface area contributed by atoms with Gasteiger partial charge >= 0.3 is 5.97 Å². The molecular formula is C37H66O2. The van der Waals surface area contributed by atoms with Crippen molar-refractivity contribution in [2.75, 3.05) is 0 Å². The van der Waals surface area contributed by atoms with Gasteiger partial charge in [-0.05, 0) is 98.2 Å². The summed E-state index contributed by atoms with van der Waals surface area (Å²) in [5.41, 5.74) is 2.54. The molecule has 39 heavy (non-hydrogen) atoms. The summed E-state index contributed by atoms with van der Waals surface area (Å²) in [7, 11) is 0. The summed E-state index contributed by atoms with van der Waals surface area (Å²) in [6.45, 7) is 17.3. The Morgan fingerprint density at radius 3 is 2.38 bits per heavy atom. The maximum absolute atomic E-state index is 12.6. The third kappa shape index (κ3) is 8.61. The number of unbranched alkanes of at least 4 members (excludes halogenated alkanes) is 6. The fraction of sp³-hybridized carbons (Fsp3) is 0.919. The molecule has 0 aromatic carbocycles. The van der Waals surface area contributed by atoms with Gasteiger partial charge in [-0.15, -0.1) is 0 Å². The van der Waals surface area contributed by atoms with Crippen molar-refractivity contribution in [1.29, 1.82) is 0 Å². The van der Waals surface area contributed by atoms with Gasteiger partial charge in [0.1, 0.15) is 6.10 Å². The van der Waals surface area contributed by atoms with Crippen molar-refractivity contribution in [2.24, 2.45) is 40.4 Å². The van der Waals surface area contributed by atoms with Gasteiger partial charge in [-0.2, -0.15) is 0 Å². The van der Waals surface area contributed by atoms with E-state index in [0.29, 0.717) is 23.2 Å². The molecule has 2 heteroatoms. The predicted molar refractivity (Wildman–Crippen MR) is 168 cm³/mol. The van der Waals surface area contributed by atoms with Crippen molar-refractivity contribution < 1.29 is 9.53 Å². The third-order valence-corrected chi connectivity index (χ3v) is 12.1. The van der Waals surface area contributed by atoms with Gasteiger partial charge in [-0.3, -0.25) is 4.79 Å². The predicted octanol–water partition coefficient (Wildman–Crippen LogP) is 11.5. The highest BCUT2D eigenvalue weighted by atomic mass is 16.5. The van der Waals surface area contributed by atoms with Crippen LogP contribution in [0.1, 0.15) is 170 Å². The largest absolute Gasteiger partial charge is 0.462 e. The number of carbonyl (C=O) groups is 1. The lowest BCUT2D eigenvalue weighted by molar-refractivity contribution is -0.150. The number of ether oxygens (including phenoxy) is 1. The number of allylic oxidation sites excluding steroid dienone is 1. The van der Waals surface area contributed by atoms with E-state index in [1.807, 2.05) is 0 Å². The second-order valence-corrected chi connectivity index (χ2v) is 15.2. The molecule has 0 amide bonds. The first-order valence-electron chi connectivity index (χ1n) is 17.5. The Morgan fingerprint density at radius 1 is 0.923 bits per heavy atom. The maximum Gasteiger partial charge on any atom is 0.306 e. The summed E-state index contributed by atoms with van der Waals surface area (Å²) in [5, 5.41) is 0. The van der Waals surface area contributed by atoms with Crippen molar-refractivity contribution in [3.63, 3.8) is 0 Å². The van der Waals surface area contributed by atoms with Crippen LogP contribution >= 0.6 is 0 Å². The topological polar surface area (TPSA) is 26.3 Å². The zero-order valence-corrected chi connectivity index (χ0v) is 27.3. The summed E-state index contributed by atoms with van der Waals surface area (Å²) in [6, 6.07) is 0. The van der Waals surface area contributed by atoms with Crippen molar-refractivity contribution in [1.82, 2.24) is 0 Å². The van der Waals surface area contributed by atoms with Gasteiger partial charge in [0.2, 0.25) is 0 Å². The number of rotatable bonds is 15. The lowest BCUT2D eigenvalue weighted by Crippen LogP contribution is -2.48. The molecule has 3 aliphatic rings. The van der Waals surface area contributed by atoms with E-state index < -0.39 is 0 Å². The molecule has 0 aromatic heterocycles. The van der Waals surface area contributed by atoms with Crippen LogP contribution in [0.3, 0.4) is 0 Å². The molecule has 3 fully saturated rings. The van der Waals surface area contributed by atoms with Crippen molar-refractivity contribution in [3.8, 4) is 0 Å². The quantitative estimate of drug-likeness (QED) is 0.117. The van der Waals surface area contributed by atoms with Crippen LogP contribution in [-0.4, -0.2) is 12.1 Å². The molecule has 3 saturated carbocycles. The molecule has 3 unspecified atom stereocenters. The molecule has 3 rings (SSSR count). The fourth-order valence-electron chi connectivity index (χ4n) is 9.04. The molecule has 0 N–H and O–H groups in total. The van der Waals surface area contributed by atoms with Crippen LogP contribution < -0.4 is 0 Å². The van der Waals surface area contributed by atoms with Gasteiger partial charge in [-0.25, -0.2) is 0 Å². The summed E-state index contributed by atoms with van der Waals surface area (Å²) < 4.78 is 6.01. The minimum Gasteiger partial charge on any atom is -0.462 e. The van der Waals surface area contributed by atoms with Gasteiger partial charge in [0, 0.05) is 12.8 Å². The first kappa shape index (κ1) is 32.7. The Hall–Kier alpha value is -0.790. The second-order valence-electron chi connectivity index (χ2n) is 15.2. The Morgan fingerprint density at radius 2 is 1.64 bits per heavy atom. The minimum atomic E-state index is 0.0407. The maximum atomic E-state index is 12.6. The van der Waals surface area contributed by atoms with E-state index in [1.54, 1.807) is 5.57 Å². The normalized spacial score (nSPS) is 35.9. The van der Waals surface area contributed by atoms with E-state index in [2.05, 4.69) is 54.5 Å². The number of hydrogen-bond donors (Lipinski definition) is 0. The molecule has 226 valence electrons. The van der Waals surface area contributed by atoms with E-state index >= 15 is 0 Å². The van der Waals surface area contributed by atoms with E-state index in [9.17, 15) is 4.79 Å². The highest BCUT2D eigenvalue weighted by molar-refractivity contribution is 5.69. The molecule has 0 bridgehead atoms. The van der Waals surface area contributed by atoms with Gasteiger partial charge in [0.05, 0.1) is 0 Å². The number of hydrogen-bond acceptors (Lipinski definition) is 2. The standard InChI is InChI=1S/C37H66O2/c1-8-9-10-11-12-13-18-35(38)39-33-21-19-29(4)31(27-33)20-22-34-30(5)23-25-36(6)32(24-26-37(34,36)7)17-15-14-16-28(2)3/h20,28-30,32-34H,8-19,21-27H2,1-7H3/b31-20-/t29-,30?,32+,33+,34?,36-,37?/m1/s1. The van der Waals surface area contributed by atoms with E-state index in [0.717, 1.165) is 55.8 Å². The van der Waals surface area contributed by atoms with Gasteiger partial charge in [0.15, 0.2) is 0 Å². The summed E-state index contributed by atoms with van der Waals surface area (Å²) >= 11 is 0. The molecule has 0 heterocycles. The van der Waals surface area contributed by atoms with Crippen LogP contribution in [0, 0.1) is 40.4 Å². The molecule has 3 aliphatic carbocycles. The van der Waals surface area contributed by atoms with Gasteiger partial charge in [-0.1, -0.05) is 111 Å². The van der Waals surface area contributed by atoms with Crippen molar-refractivity contribution in [2.45, 2.75) is 177 Å². The smallest absolute Gasteiger partial charge is 0.306 e. The molecule has 7 atom stereocenters. The zero-order valence-electron chi connectivity index (χ0n) is 27.3. The second kappa shape index (κ2) is 15.4. The number of esters is 1. The summed E-state index contributed by atoms with van der Waals surface area (Å²) in [5.74, 6) is 4.03. The highest BCUT2D eigenvalue weighted by Gasteiger charge is 2.59. The Labute approximate surface area is 243 Å².